The number of alkyl halides is 1. The highest BCUT2D eigenvalue weighted by Crippen LogP contribution is 2.34. The standard InChI is InChI=1S/C24H25Cl2N5O2/c1-16-14-17(10-12-27-16)23(33)29-24-28-20-8-4-7-19(26)22(20)31(24)18-6-2-3-13-30(15-18)21(32)9-5-11-25/h4-5,7-10,12,14,18H,2-3,6,11,13,15H2,1H3,(H,28,29,33)/b9-5+/t18-/m1/s1. The van der Waals surface area contributed by atoms with Crippen LogP contribution in [0.2, 0.25) is 5.02 Å². The molecule has 4 rings (SSSR count). The van der Waals surface area contributed by atoms with E-state index in [-0.39, 0.29) is 23.7 Å². The second-order valence-electron chi connectivity index (χ2n) is 8.04. The number of nitrogens with zero attached hydrogens (tertiary/aromatic N) is 4. The number of allylic oxidation sites excluding steroid dienone is 1. The van der Waals surface area contributed by atoms with E-state index in [4.69, 9.17) is 23.2 Å². The third-order valence-corrected chi connectivity index (χ3v) is 6.20. The molecular weight excluding hydrogens is 461 g/mol. The van der Waals surface area contributed by atoms with Crippen LogP contribution in [0.3, 0.4) is 0 Å². The first-order chi connectivity index (χ1) is 16.0. The Labute approximate surface area is 202 Å². The summed E-state index contributed by atoms with van der Waals surface area (Å²) in [5.41, 5.74) is 2.68. The van der Waals surface area contributed by atoms with Gasteiger partial charge in [-0.3, -0.25) is 19.9 Å². The van der Waals surface area contributed by atoms with Crippen molar-refractivity contribution in [1.82, 2.24) is 19.4 Å². The van der Waals surface area contributed by atoms with Crippen LogP contribution in [0.25, 0.3) is 11.0 Å². The number of aromatic nitrogens is 3. The highest BCUT2D eigenvalue weighted by atomic mass is 35.5. The topological polar surface area (TPSA) is 80.1 Å². The van der Waals surface area contributed by atoms with E-state index in [9.17, 15) is 9.59 Å². The van der Waals surface area contributed by atoms with E-state index in [2.05, 4.69) is 15.3 Å². The Morgan fingerprint density at radius 1 is 1.27 bits per heavy atom. The van der Waals surface area contributed by atoms with Crippen LogP contribution >= 0.6 is 23.2 Å². The lowest BCUT2D eigenvalue weighted by Gasteiger charge is -2.26. The highest BCUT2D eigenvalue weighted by Gasteiger charge is 2.27. The summed E-state index contributed by atoms with van der Waals surface area (Å²) in [5.74, 6) is 0.346. The predicted molar refractivity (Wildman–Crippen MR) is 131 cm³/mol. The molecule has 9 heteroatoms. The van der Waals surface area contributed by atoms with Gasteiger partial charge in [0.05, 0.1) is 22.1 Å². The molecule has 0 spiro atoms. The molecule has 0 aliphatic carbocycles. The van der Waals surface area contributed by atoms with Crippen LogP contribution in [0.5, 0.6) is 0 Å². The quantitative estimate of drug-likeness (QED) is 0.407. The van der Waals surface area contributed by atoms with Crippen LogP contribution in [-0.2, 0) is 4.79 Å². The molecule has 0 unspecified atom stereocenters. The SMILES string of the molecule is Cc1cc(C(=O)Nc2nc3cccc(Cl)c3n2[C@@H]2CCCCN(C(=O)/C=C/CCl)C2)ccn1. The molecular formula is C24H25Cl2N5O2. The molecule has 1 saturated heterocycles. The van der Waals surface area contributed by atoms with Crippen molar-refractivity contribution >= 4 is 52.0 Å². The number of imidazole rings is 1. The Balaban J connectivity index is 1.73. The van der Waals surface area contributed by atoms with Crippen molar-refractivity contribution in [1.29, 1.82) is 0 Å². The van der Waals surface area contributed by atoms with E-state index in [0.29, 0.717) is 35.1 Å². The molecule has 1 N–H and O–H groups in total. The molecule has 2 amide bonds. The van der Waals surface area contributed by atoms with Crippen molar-refractivity contribution < 1.29 is 9.59 Å². The van der Waals surface area contributed by atoms with Crippen LogP contribution in [0.4, 0.5) is 5.95 Å². The third-order valence-electron chi connectivity index (χ3n) is 5.72. The van der Waals surface area contributed by atoms with Crippen molar-refractivity contribution in [3.8, 4) is 0 Å². The molecule has 1 aromatic carbocycles. The fraction of sp³-hybridized carbons (Fsp3) is 0.333. The third kappa shape index (κ3) is 5.20. The van der Waals surface area contributed by atoms with E-state index in [1.165, 1.54) is 6.08 Å². The van der Waals surface area contributed by atoms with E-state index < -0.39 is 0 Å². The number of amides is 2. The molecule has 1 aliphatic heterocycles. The van der Waals surface area contributed by atoms with E-state index in [0.717, 1.165) is 30.5 Å². The molecule has 1 atom stereocenters. The number of para-hydroxylation sites is 1. The first kappa shape index (κ1) is 23.3. The fourth-order valence-electron chi connectivity index (χ4n) is 4.19. The zero-order valence-corrected chi connectivity index (χ0v) is 19.8. The predicted octanol–water partition coefficient (Wildman–Crippen LogP) is 4.99. The number of hydrogen-bond acceptors (Lipinski definition) is 4. The molecule has 1 aliphatic rings. The molecule has 0 bridgehead atoms. The molecule has 0 saturated carbocycles. The van der Waals surface area contributed by atoms with Crippen molar-refractivity contribution in [2.45, 2.75) is 32.2 Å². The summed E-state index contributed by atoms with van der Waals surface area (Å²) in [4.78, 5) is 36.4. The van der Waals surface area contributed by atoms with Crippen LogP contribution in [0.1, 0.15) is 41.4 Å². The number of carbonyl (C=O) groups is 2. The number of nitrogens with one attached hydrogen (secondary N) is 1. The van der Waals surface area contributed by atoms with Gasteiger partial charge in [0.15, 0.2) is 0 Å². The van der Waals surface area contributed by atoms with Gasteiger partial charge in [-0.1, -0.05) is 23.7 Å². The Morgan fingerprint density at radius 2 is 2.12 bits per heavy atom. The van der Waals surface area contributed by atoms with Gasteiger partial charge in [0.25, 0.3) is 5.91 Å². The summed E-state index contributed by atoms with van der Waals surface area (Å²) in [6.07, 6.45) is 7.44. The average molecular weight is 486 g/mol. The van der Waals surface area contributed by atoms with Gasteiger partial charge in [-0.25, -0.2) is 4.98 Å². The minimum absolute atomic E-state index is 0.0732. The largest absolute Gasteiger partial charge is 0.337 e. The number of anilines is 1. The van der Waals surface area contributed by atoms with Crippen molar-refractivity contribution in [3.05, 3.63) is 65.0 Å². The molecule has 3 aromatic rings. The van der Waals surface area contributed by atoms with Gasteiger partial charge in [-0.2, -0.15) is 0 Å². The van der Waals surface area contributed by atoms with Gasteiger partial charge in [-0.05, 0) is 50.5 Å². The number of rotatable bonds is 5. The number of hydrogen-bond donors (Lipinski definition) is 1. The van der Waals surface area contributed by atoms with Crippen LogP contribution in [0.15, 0.2) is 48.7 Å². The summed E-state index contributed by atoms with van der Waals surface area (Å²) in [5, 5.41) is 3.50. The first-order valence-electron chi connectivity index (χ1n) is 10.9. The second-order valence-corrected chi connectivity index (χ2v) is 8.76. The minimum atomic E-state index is -0.278. The van der Waals surface area contributed by atoms with Crippen LogP contribution < -0.4 is 5.32 Å². The van der Waals surface area contributed by atoms with E-state index in [1.807, 2.05) is 34.6 Å². The number of carbonyl (C=O) groups excluding carboxylic acids is 2. The Bertz CT molecular complexity index is 1210. The van der Waals surface area contributed by atoms with Crippen molar-refractivity contribution in [3.63, 3.8) is 0 Å². The zero-order valence-electron chi connectivity index (χ0n) is 18.3. The summed E-state index contributed by atoms with van der Waals surface area (Å²) in [7, 11) is 0. The lowest BCUT2D eigenvalue weighted by molar-refractivity contribution is -0.126. The summed E-state index contributed by atoms with van der Waals surface area (Å²) < 4.78 is 1.97. The molecule has 0 radical (unpaired) electrons. The summed E-state index contributed by atoms with van der Waals surface area (Å²) >= 11 is 12.3. The van der Waals surface area contributed by atoms with Gasteiger partial charge in [-0.15, -0.1) is 11.6 Å². The maximum Gasteiger partial charge on any atom is 0.258 e. The monoisotopic (exact) mass is 485 g/mol. The number of fused-ring (bicyclic) bond motifs is 1. The van der Waals surface area contributed by atoms with E-state index in [1.54, 1.807) is 24.4 Å². The maximum absolute atomic E-state index is 13.0. The van der Waals surface area contributed by atoms with Crippen molar-refractivity contribution in [2.24, 2.45) is 0 Å². The first-order valence-corrected chi connectivity index (χ1v) is 11.8. The number of pyridine rings is 1. The van der Waals surface area contributed by atoms with Crippen molar-refractivity contribution in [2.75, 3.05) is 24.3 Å². The minimum Gasteiger partial charge on any atom is -0.337 e. The fourth-order valence-corrected chi connectivity index (χ4v) is 4.54. The number of likely N-dealkylation sites (tertiary alicyclic amines) is 1. The van der Waals surface area contributed by atoms with Crippen LogP contribution in [-0.4, -0.2) is 50.2 Å². The second kappa shape index (κ2) is 10.4. The smallest absolute Gasteiger partial charge is 0.258 e. The summed E-state index contributed by atoms with van der Waals surface area (Å²) in [6, 6.07) is 8.80. The van der Waals surface area contributed by atoms with Crippen LogP contribution in [0, 0.1) is 6.92 Å². The molecule has 3 heterocycles. The van der Waals surface area contributed by atoms with Gasteiger partial charge < -0.3 is 9.47 Å². The molecule has 33 heavy (non-hydrogen) atoms. The van der Waals surface area contributed by atoms with Gasteiger partial charge in [0.2, 0.25) is 11.9 Å². The zero-order chi connectivity index (χ0) is 23.4. The summed E-state index contributed by atoms with van der Waals surface area (Å²) in [6.45, 7) is 2.99. The Hall–Kier alpha value is -2.90. The molecule has 172 valence electrons. The van der Waals surface area contributed by atoms with Gasteiger partial charge in [0.1, 0.15) is 0 Å². The van der Waals surface area contributed by atoms with Gasteiger partial charge in [0, 0.05) is 42.5 Å². The number of halogens is 2. The van der Waals surface area contributed by atoms with E-state index >= 15 is 0 Å². The Morgan fingerprint density at radius 3 is 2.91 bits per heavy atom. The van der Waals surface area contributed by atoms with Gasteiger partial charge >= 0.3 is 0 Å². The lowest BCUT2D eigenvalue weighted by Crippen LogP contribution is -2.34. The highest BCUT2D eigenvalue weighted by molar-refractivity contribution is 6.35. The molecule has 1 fully saturated rings. The normalized spacial score (nSPS) is 16.8. The lowest BCUT2D eigenvalue weighted by atomic mass is 10.1. The number of aryl methyl sites for hydroxylation is 1. The molecule has 2 aromatic heterocycles. The molecule has 7 nitrogen and oxygen atoms in total. The maximum atomic E-state index is 13.0. The average Bonchev–Trinajstić information content (AvgIpc) is 2.99. The Kier molecular flexibility index (Phi) is 7.30. The number of benzene rings is 1.